The van der Waals surface area contributed by atoms with Crippen LogP contribution in [0.3, 0.4) is 0 Å². The van der Waals surface area contributed by atoms with Crippen molar-refractivity contribution in [2.75, 3.05) is 14.2 Å². The molecule has 6 nitrogen and oxygen atoms in total. The molecule has 6 heteroatoms. The van der Waals surface area contributed by atoms with Crippen LogP contribution in [-0.2, 0) is 16.1 Å². The van der Waals surface area contributed by atoms with Crippen molar-refractivity contribution in [1.82, 2.24) is 5.32 Å². The number of hydrogen-bond donors (Lipinski definition) is 2. The normalized spacial score (nSPS) is 9.53. The minimum absolute atomic E-state index is 0.117. The lowest BCUT2D eigenvalue weighted by Gasteiger charge is -2.09. The summed E-state index contributed by atoms with van der Waals surface area (Å²) in [5.41, 5.74) is 0.720. The zero-order chi connectivity index (χ0) is 12.8. The summed E-state index contributed by atoms with van der Waals surface area (Å²) in [4.78, 5) is 21.1. The second-order valence-corrected chi connectivity index (χ2v) is 3.18. The first-order valence-electron chi connectivity index (χ1n) is 4.80. The number of aliphatic carboxylic acids is 1. The topological polar surface area (TPSA) is 84.9 Å². The van der Waals surface area contributed by atoms with E-state index < -0.39 is 11.9 Å². The van der Waals surface area contributed by atoms with Gasteiger partial charge in [0.2, 0.25) is 0 Å². The Hall–Kier alpha value is -2.24. The van der Waals surface area contributed by atoms with Gasteiger partial charge in [-0.3, -0.25) is 4.79 Å². The monoisotopic (exact) mass is 239 g/mol. The third-order valence-corrected chi connectivity index (χ3v) is 2.10. The number of hydrogen-bond acceptors (Lipinski definition) is 4. The van der Waals surface area contributed by atoms with Crippen molar-refractivity contribution < 1.29 is 24.2 Å². The number of carboxylic acids is 1. The fourth-order valence-corrected chi connectivity index (χ4v) is 1.25. The predicted octanol–water partition coefficient (Wildman–Crippen LogP) is 0.405. The Morgan fingerprint density at radius 1 is 1.24 bits per heavy atom. The molecule has 0 saturated carbocycles. The van der Waals surface area contributed by atoms with Gasteiger partial charge in [0.25, 0.3) is 0 Å². The van der Waals surface area contributed by atoms with Crippen LogP contribution >= 0.6 is 0 Å². The van der Waals surface area contributed by atoms with E-state index in [4.69, 9.17) is 14.6 Å². The number of carboxylic acid groups (broad SMARTS) is 1. The number of rotatable bonds is 4. The van der Waals surface area contributed by atoms with Gasteiger partial charge in [0.15, 0.2) is 11.5 Å². The lowest BCUT2D eigenvalue weighted by Crippen LogP contribution is -2.30. The van der Waals surface area contributed by atoms with E-state index in [-0.39, 0.29) is 6.54 Å². The number of carbonyl (C=O) groups is 2. The van der Waals surface area contributed by atoms with Crippen molar-refractivity contribution in [3.63, 3.8) is 0 Å². The van der Waals surface area contributed by atoms with Gasteiger partial charge in [-0.05, 0) is 17.7 Å². The van der Waals surface area contributed by atoms with Gasteiger partial charge >= 0.3 is 11.9 Å². The molecule has 0 heterocycles. The minimum atomic E-state index is -1.51. The average Bonchev–Trinajstić information content (AvgIpc) is 2.35. The summed E-state index contributed by atoms with van der Waals surface area (Å²) in [5, 5.41) is 10.6. The van der Waals surface area contributed by atoms with Crippen LogP contribution in [-0.4, -0.2) is 31.2 Å². The molecule has 92 valence electrons. The lowest BCUT2D eigenvalue weighted by molar-refractivity contribution is -0.150. The largest absolute Gasteiger partial charge is 0.493 e. The fourth-order valence-electron chi connectivity index (χ4n) is 1.25. The summed E-state index contributed by atoms with van der Waals surface area (Å²) in [7, 11) is 3.02. The number of nitrogens with one attached hydrogen (secondary N) is 1. The summed E-state index contributed by atoms with van der Waals surface area (Å²) in [5.74, 6) is -1.46. The van der Waals surface area contributed by atoms with Crippen LogP contribution < -0.4 is 14.8 Å². The molecule has 1 amide bonds. The molecule has 1 rings (SSSR count). The standard InChI is InChI=1S/C11H13NO5/c1-16-8-4-3-7(5-9(8)17-2)6-12-10(13)11(14)15/h3-5H,6H2,1-2H3,(H,12,13)(H,14,15). The molecule has 0 unspecified atom stereocenters. The molecule has 0 bridgehead atoms. The van der Waals surface area contributed by atoms with E-state index >= 15 is 0 Å². The van der Waals surface area contributed by atoms with Gasteiger partial charge in [-0.25, -0.2) is 4.79 Å². The molecule has 0 spiro atoms. The van der Waals surface area contributed by atoms with E-state index in [9.17, 15) is 9.59 Å². The van der Waals surface area contributed by atoms with Crippen LogP contribution in [0.1, 0.15) is 5.56 Å². The molecule has 0 aromatic heterocycles. The summed E-state index contributed by atoms with van der Waals surface area (Å²) in [6.07, 6.45) is 0. The van der Waals surface area contributed by atoms with Gasteiger partial charge in [0, 0.05) is 6.54 Å². The van der Waals surface area contributed by atoms with Gasteiger partial charge in [-0.1, -0.05) is 6.07 Å². The van der Waals surface area contributed by atoms with Crippen molar-refractivity contribution in [2.24, 2.45) is 0 Å². The van der Waals surface area contributed by atoms with Crippen LogP contribution in [0.4, 0.5) is 0 Å². The first-order valence-corrected chi connectivity index (χ1v) is 4.80. The maximum atomic E-state index is 10.8. The van der Waals surface area contributed by atoms with Crippen LogP contribution in [0.15, 0.2) is 18.2 Å². The minimum Gasteiger partial charge on any atom is -0.493 e. The lowest BCUT2D eigenvalue weighted by atomic mass is 10.2. The number of benzene rings is 1. The molecule has 1 aromatic carbocycles. The van der Waals surface area contributed by atoms with E-state index in [0.717, 1.165) is 5.56 Å². The molecule has 0 saturated heterocycles. The van der Waals surface area contributed by atoms with E-state index in [0.29, 0.717) is 11.5 Å². The maximum Gasteiger partial charge on any atom is 0.394 e. The molecule has 0 radical (unpaired) electrons. The second-order valence-electron chi connectivity index (χ2n) is 3.18. The van der Waals surface area contributed by atoms with Gasteiger partial charge in [-0.15, -0.1) is 0 Å². The molecule has 2 N–H and O–H groups in total. The molecule has 0 aliphatic carbocycles. The SMILES string of the molecule is COc1ccc(CNC(=O)C(=O)O)cc1OC. The Labute approximate surface area is 98.2 Å². The van der Waals surface area contributed by atoms with Crippen molar-refractivity contribution >= 4 is 11.9 Å². The third kappa shape index (κ3) is 3.37. The quantitative estimate of drug-likeness (QED) is 0.743. The number of methoxy groups -OCH3 is 2. The Bertz CT molecular complexity index is 430. The van der Waals surface area contributed by atoms with Crippen molar-refractivity contribution in [2.45, 2.75) is 6.54 Å². The molecule has 0 aliphatic rings. The van der Waals surface area contributed by atoms with E-state index in [1.807, 2.05) is 0 Å². The number of ether oxygens (including phenoxy) is 2. The van der Waals surface area contributed by atoms with Crippen LogP contribution in [0.5, 0.6) is 11.5 Å². The third-order valence-electron chi connectivity index (χ3n) is 2.10. The highest BCUT2D eigenvalue weighted by Gasteiger charge is 2.10. The molecular formula is C11H13NO5. The fraction of sp³-hybridized carbons (Fsp3) is 0.273. The Morgan fingerprint density at radius 2 is 1.88 bits per heavy atom. The zero-order valence-electron chi connectivity index (χ0n) is 9.52. The van der Waals surface area contributed by atoms with Crippen molar-refractivity contribution in [1.29, 1.82) is 0 Å². The highest BCUT2D eigenvalue weighted by Crippen LogP contribution is 2.27. The van der Waals surface area contributed by atoms with Gasteiger partial charge < -0.3 is 19.9 Å². The van der Waals surface area contributed by atoms with Gasteiger partial charge in [0.05, 0.1) is 14.2 Å². The summed E-state index contributed by atoms with van der Waals surface area (Å²) in [6.45, 7) is 0.117. The highest BCUT2D eigenvalue weighted by atomic mass is 16.5. The van der Waals surface area contributed by atoms with Crippen molar-refractivity contribution in [3.05, 3.63) is 23.8 Å². The molecule has 0 fully saturated rings. The average molecular weight is 239 g/mol. The van der Waals surface area contributed by atoms with Gasteiger partial charge in [0.1, 0.15) is 0 Å². The van der Waals surface area contributed by atoms with Crippen LogP contribution in [0.2, 0.25) is 0 Å². The second kappa shape index (κ2) is 5.74. The molecule has 17 heavy (non-hydrogen) atoms. The molecular weight excluding hydrogens is 226 g/mol. The smallest absolute Gasteiger partial charge is 0.394 e. The van der Waals surface area contributed by atoms with Gasteiger partial charge in [-0.2, -0.15) is 0 Å². The van der Waals surface area contributed by atoms with Crippen molar-refractivity contribution in [3.8, 4) is 11.5 Å². The molecule has 0 atom stereocenters. The number of amides is 1. The predicted molar refractivity (Wildman–Crippen MR) is 59.0 cm³/mol. The maximum absolute atomic E-state index is 10.8. The Morgan fingerprint density at radius 3 is 2.41 bits per heavy atom. The van der Waals surface area contributed by atoms with E-state index in [2.05, 4.69) is 5.32 Å². The zero-order valence-corrected chi connectivity index (χ0v) is 9.52. The first-order chi connectivity index (χ1) is 8.08. The van der Waals surface area contributed by atoms with Crippen LogP contribution in [0.25, 0.3) is 0 Å². The first kappa shape index (κ1) is 12.8. The molecule has 0 aliphatic heterocycles. The van der Waals surface area contributed by atoms with Crippen LogP contribution in [0, 0.1) is 0 Å². The summed E-state index contributed by atoms with van der Waals surface area (Å²) in [6, 6.07) is 5.06. The highest BCUT2D eigenvalue weighted by molar-refractivity contribution is 6.31. The van der Waals surface area contributed by atoms with E-state index in [1.54, 1.807) is 18.2 Å². The summed E-state index contributed by atoms with van der Waals surface area (Å²) < 4.78 is 10.1. The Kier molecular flexibility index (Phi) is 4.33. The summed E-state index contributed by atoms with van der Waals surface area (Å²) >= 11 is 0. The van der Waals surface area contributed by atoms with E-state index in [1.165, 1.54) is 14.2 Å². The molecule has 1 aromatic rings. The number of carbonyl (C=O) groups excluding carboxylic acids is 1. The Balaban J connectivity index is 2.73.